The minimum absolute atomic E-state index is 0.0337. The largest absolute Gasteiger partial charge is 0.376 e. The molecule has 0 aromatic carbocycles. The van der Waals surface area contributed by atoms with E-state index in [1.807, 2.05) is 0 Å². The molecule has 146 valence electrons. The van der Waals surface area contributed by atoms with Crippen LogP contribution in [0.5, 0.6) is 0 Å². The van der Waals surface area contributed by atoms with Gasteiger partial charge in [0.15, 0.2) is 0 Å². The number of hydrogen-bond acceptors (Lipinski definition) is 7. The fourth-order valence-electron chi connectivity index (χ4n) is 3.31. The Hall–Kier alpha value is -2.55. The second kappa shape index (κ2) is 9.96. The molecular weight excluding hydrogens is 346 g/mol. The topological polar surface area (TPSA) is 107 Å². The molecule has 9 nitrogen and oxygen atoms in total. The van der Waals surface area contributed by atoms with E-state index in [0.717, 1.165) is 19.3 Å². The molecule has 1 aliphatic carbocycles. The van der Waals surface area contributed by atoms with Crippen molar-refractivity contribution in [3.05, 3.63) is 31.1 Å². The minimum atomic E-state index is -0.0441. The van der Waals surface area contributed by atoms with E-state index in [2.05, 4.69) is 37.6 Å². The standard InChI is InChI=1S/C18H27N7O2/c1-2-10-27-16-11-14(17(26)20-8-9-25-13-19-12-23-25)4-5-15(16)24-18-21-6-3-7-22-18/h3,6-7,12-16H,2,4-5,8-11H2,1H3,(H,20,26)(H,21,22,24)/t14-,15+,16+/m0/s1. The number of rotatable bonds is 9. The lowest BCUT2D eigenvalue weighted by molar-refractivity contribution is -0.128. The first kappa shape index (κ1) is 19.2. The van der Waals surface area contributed by atoms with Crippen molar-refractivity contribution in [1.82, 2.24) is 30.0 Å². The first-order valence-corrected chi connectivity index (χ1v) is 9.51. The van der Waals surface area contributed by atoms with Crippen LogP contribution in [0, 0.1) is 5.92 Å². The second-order valence-corrected chi connectivity index (χ2v) is 6.69. The molecule has 0 bridgehead atoms. The van der Waals surface area contributed by atoms with Gasteiger partial charge in [0.25, 0.3) is 0 Å². The number of carbonyl (C=O) groups is 1. The van der Waals surface area contributed by atoms with Crippen LogP contribution >= 0.6 is 0 Å². The Balaban J connectivity index is 1.51. The summed E-state index contributed by atoms with van der Waals surface area (Å²) in [6.45, 7) is 3.92. The average molecular weight is 373 g/mol. The lowest BCUT2D eigenvalue weighted by atomic mass is 9.83. The quantitative estimate of drug-likeness (QED) is 0.681. The van der Waals surface area contributed by atoms with Crippen LogP contribution in [-0.4, -0.2) is 55.9 Å². The lowest BCUT2D eigenvalue weighted by Crippen LogP contribution is -2.45. The van der Waals surface area contributed by atoms with Crippen LogP contribution in [0.15, 0.2) is 31.1 Å². The van der Waals surface area contributed by atoms with Crippen molar-refractivity contribution in [3.63, 3.8) is 0 Å². The van der Waals surface area contributed by atoms with Crippen molar-refractivity contribution in [1.29, 1.82) is 0 Å². The van der Waals surface area contributed by atoms with E-state index in [1.165, 1.54) is 6.33 Å². The van der Waals surface area contributed by atoms with Gasteiger partial charge in [0.05, 0.1) is 18.7 Å². The summed E-state index contributed by atoms with van der Waals surface area (Å²) >= 11 is 0. The SMILES string of the molecule is CCCO[C@@H]1C[C@@H](C(=O)NCCn2cncn2)CC[C@H]1Nc1ncccn1. The highest BCUT2D eigenvalue weighted by molar-refractivity contribution is 5.78. The number of anilines is 1. The molecule has 1 saturated carbocycles. The maximum atomic E-state index is 12.6. The van der Waals surface area contributed by atoms with Crippen molar-refractivity contribution in [2.24, 2.45) is 5.92 Å². The number of nitrogens with one attached hydrogen (secondary N) is 2. The summed E-state index contributed by atoms with van der Waals surface area (Å²) in [6.07, 6.45) is 9.81. The smallest absolute Gasteiger partial charge is 0.223 e. The number of aromatic nitrogens is 5. The van der Waals surface area contributed by atoms with Gasteiger partial charge < -0.3 is 15.4 Å². The monoisotopic (exact) mass is 373 g/mol. The summed E-state index contributed by atoms with van der Waals surface area (Å²) in [4.78, 5) is 24.9. The summed E-state index contributed by atoms with van der Waals surface area (Å²) in [6, 6.07) is 1.90. The van der Waals surface area contributed by atoms with Crippen LogP contribution in [0.2, 0.25) is 0 Å². The predicted octanol–water partition coefficient (Wildman–Crippen LogP) is 1.26. The van der Waals surface area contributed by atoms with Crippen molar-refractivity contribution >= 4 is 11.9 Å². The molecule has 0 radical (unpaired) electrons. The van der Waals surface area contributed by atoms with Gasteiger partial charge in [0, 0.05) is 31.5 Å². The molecular formula is C18H27N7O2. The Morgan fingerprint density at radius 3 is 2.93 bits per heavy atom. The molecule has 1 amide bonds. The first-order valence-electron chi connectivity index (χ1n) is 9.51. The van der Waals surface area contributed by atoms with Gasteiger partial charge in [-0.25, -0.2) is 15.0 Å². The van der Waals surface area contributed by atoms with Crippen molar-refractivity contribution in [2.45, 2.75) is 51.3 Å². The molecule has 9 heteroatoms. The zero-order chi connectivity index (χ0) is 18.9. The van der Waals surface area contributed by atoms with Crippen LogP contribution in [0.3, 0.4) is 0 Å². The molecule has 0 aliphatic heterocycles. The van der Waals surface area contributed by atoms with Crippen LogP contribution < -0.4 is 10.6 Å². The van der Waals surface area contributed by atoms with Crippen LogP contribution in [-0.2, 0) is 16.1 Å². The maximum absolute atomic E-state index is 12.6. The van der Waals surface area contributed by atoms with Crippen molar-refractivity contribution in [2.75, 3.05) is 18.5 Å². The second-order valence-electron chi connectivity index (χ2n) is 6.69. The van der Waals surface area contributed by atoms with Gasteiger partial charge in [-0.1, -0.05) is 6.92 Å². The molecule has 27 heavy (non-hydrogen) atoms. The summed E-state index contributed by atoms with van der Waals surface area (Å²) in [5, 5.41) is 10.4. The van der Waals surface area contributed by atoms with Crippen molar-refractivity contribution in [3.8, 4) is 0 Å². The third-order valence-corrected chi connectivity index (χ3v) is 4.69. The highest BCUT2D eigenvalue weighted by Crippen LogP contribution is 2.28. The molecule has 2 heterocycles. The van der Waals surface area contributed by atoms with E-state index in [4.69, 9.17) is 4.74 Å². The zero-order valence-corrected chi connectivity index (χ0v) is 15.6. The van der Waals surface area contributed by atoms with E-state index in [0.29, 0.717) is 32.1 Å². The molecule has 1 fully saturated rings. The van der Waals surface area contributed by atoms with Crippen LogP contribution in [0.4, 0.5) is 5.95 Å². The van der Waals surface area contributed by atoms with Gasteiger partial charge in [0.2, 0.25) is 11.9 Å². The molecule has 2 N–H and O–H groups in total. The normalized spacial score (nSPS) is 22.3. The first-order chi connectivity index (χ1) is 13.3. The van der Waals surface area contributed by atoms with Crippen LogP contribution in [0.1, 0.15) is 32.6 Å². The number of hydrogen-bond donors (Lipinski definition) is 2. The Morgan fingerprint density at radius 2 is 2.19 bits per heavy atom. The molecule has 2 aromatic rings. The Bertz CT molecular complexity index is 680. The number of nitrogens with zero attached hydrogens (tertiary/aromatic N) is 5. The van der Waals surface area contributed by atoms with E-state index < -0.39 is 0 Å². The Morgan fingerprint density at radius 1 is 1.33 bits per heavy atom. The molecule has 0 saturated heterocycles. The van der Waals surface area contributed by atoms with Crippen LogP contribution in [0.25, 0.3) is 0 Å². The van der Waals surface area contributed by atoms with Gasteiger partial charge in [-0.05, 0) is 31.7 Å². The molecule has 0 unspecified atom stereocenters. The van der Waals surface area contributed by atoms with Gasteiger partial charge in [-0.3, -0.25) is 9.48 Å². The fraction of sp³-hybridized carbons (Fsp3) is 0.611. The molecule has 3 atom stereocenters. The molecule has 3 rings (SSSR count). The summed E-state index contributed by atoms with van der Waals surface area (Å²) in [5.74, 6) is 0.635. The van der Waals surface area contributed by atoms with E-state index >= 15 is 0 Å². The van der Waals surface area contributed by atoms with Gasteiger partial charge >= 0.3 is 0 Å². The predicted molar refractivity (Wildman–Crippen MR) is 99.8 cm³/mol. The van der Waals surface area contributed by atoms with Crippen molar-refractivity contribution < 1.29 is 9.53 Å². The average Bonchev–Trinajstić information content (AvgIpc) is 3.21. The number of amides is 1. The van der Waals surface area contributed by atoms with E-state index in [1.54, 1.807) is 29.5 Å². The fourth-order valence-corrected chi connectivity index (χ4v) is 3.31. The van der Waals surface area contributed by atoms with Gasteiger partial charge in [-0.2, -0.15) is 5.10 Å². The zero-order valence-electron chi connectivity index (χ0n) is 15.6. The highest BCUT2D eigenvalue weighted by Gasteiger charge is 2.34. The maximum Gasteiger partial charge on any atom is 0.223 e. The molecule has 0 spiro atoms. The number of carbonyl (C=O) groups excluding carboxylic acids is 1. The third kappa shape index (κ3) is 5.72. The van der Waals surface area contributed by atoms with Gasteiger partial charge in [0.1, 0.15) is 12.7 Å². The summed E-state index contributed by atoms with van der Waals surface area (Å²) in [5.41, 5.74) is 0. The van der Waals surface area contributed by atoms with E-state index in [9.17, 15) is 4.79 Å². The highest BCUT2D eigenvalue weighted by atomic mass is 16.5. The Kier molecular flexibility index (Phi) is 7.09. The Labute approximate surface area is 159 Å². The van der Waals surface area contributed by atoms with Gasteiger partial charge in [-0.15, -0.1) is 0 Å². The number of ether oxygens (including phenoxy) is 1. The minimum Gasteiger partial charge on any atom is -0.376 e. The molecule has 1 aliphatic rings. The summed E-state index contributed by atoms with van der Waals surface area (Å²) < 4.78 is 7.74. The lowest BCUT2D eigenvalue weighted by Gasteiger charge is -2.35. The summed E-state index contributed by atoms with van der Waals surface area (Å²) in [7, 11) is 0. The molecule has 2 aromatic heterocycles. The third-order valence-electron chi connectivity index (χ3n) is 4.69. The van der Waals surface area contributed by atoms with E-state index in [-0.39, 0.29) is 24.0 Å².